The van der Waals surface area contributed by atoms with E-state index >= 15 is 0 Å². The SMILES string of the molecule is O=C(O)CSc1nc2ccc(Br)cc2n1C1CCSC1. The molecule has 0 amide bonds. The summed E-state index contributed by atoms with van der Waals surface area (Å²) in [6.07, 6.45) is 1.11. The van der Waals surface area contributed by atoms with Gasteiger partial charge < -0.3 is 9.67 Å². The van der Waals surface area contributed by atoms with Crippen molar-refractivity contribution in [3.8, 4) is 0 Å². The summed E-state index contributed by atoms with van der Waals surface area (Å²) in [5, 5.41) is 9.69. The number of halogens is 1. The van der Waals surface area contributed by atoms with Crippen LogP contribution in [0.25, 0.3) is 11.0 Å². The van der Waals surface area contributed by atoms with Gasteiger partial charge in [0.25, 0.3) is 0 Å². The molecule has 3 rings (SSSR count). The van der Waals surface area contributed by atoms with Gasteiger partial charge in [-0.25, -0.2) is 4.98 Å². The Hall–Kier alpha value is -0.660. The lowest BCUT2D eigenvalue weighted by Gasteiger charge is -2.15. The number of carbonyl (C=O) groups is 1. The number of imidazole rings is 1. The number of nitrogens with zero attached hydrogens (tertiary/aromatic N) is 2. The summed E-state index contributed by atoms with van der Waals surface area (Å²) in [5.41, 5.74) is 2.01. The van der Waals surface area contributed by atoms with Gasteiger partial charge in [-0.2, -0.15) is 11.8 Å². The highest BCUT2D eigenvalue weighted by Crippen LogP contribution is 2.36. The van der Waals surface area contributed by atoms with Crippen molar-refractivity contribution in [2.75, 3.05) is 17.3 Å². The minimum atomic E-state index is -0.810. The number of rotatable bonds is 4. The van der Waals surface area contributed by atoms with Gasteiger partial charge in [0.2, 0.25) is 0 Å². The van der Waals surface area contributed by atoms with Crippen molar-refractivity contribution in [1.82, 2.24) is 9.55 Å². The summed E-state index contributed by atoms with van der Waals surface area (Å²) in [7, 11) is 0. The van der Waals surface area contributed by atoms with Gasteiger partial charge in [0.05, 0.1) is 16.8 Å². The van der Waals surface area contributed by atoms with E-state index in [0.717, 1.165) is 38.6 Å². The van der Waals surface area contributed by atoms with Gasteiger partial charge in [0.1, 0.15) is 0 Å². The van der Waals surface area contributed by atoms with Crippen LogP contribution < -0.4 is 0 Å². The summed E-state index contributed by atoms with van der Waals surface area (Å²) in [4.78, 5) is 15.4. The standard InChI is InChI=1S/C13H13BrN2O2S2/c14-8-1-2-10-11(5-8)16(9-3-4-19-6-9)13(15-10)20-7-12(17)18/h1-2,5,9H,3-4,6-7H2,(H,17,18). The number of thioether (sulfide) groups is 2. The summed E-state index contributed by atoms with van der Waals surface area (Å²) in [6, 6.07) is 6.42. The zero-order chi connectivity index (χ0) is 14.1. The normalized spacial score (nSPS) is 18.8. The minimum Gasteiger partial charge on any atom is -0.481 e. The maximum Gasteiger partial charge on any atom is 0.313 e. The number of carboxylic acid groups (broad SMARTS) is 1. The molecular formula is C13H13BrN2O2S2. The van der Waals surface area contributed by atoms with Crippen LogP contribution in [0.15, 0.2) is 27.8 Å². The van der Waals surface area contributed by atoms with Gasteiger partial charge in [-0.3, -0.25) is 4.79 Å². The maximum absolute atomic E-state index is 10.8. The third-order valence-corrected chi connectivity index (χ3v) is 5.79. The van der Waals surface area contributed by atoms with E-state index in [2.05, 4.69) is 31.5 Å². The summed E-state index contributed by atoms with van der Waals surface area (Å²) < 4.78 is 3.24. The quantitative estimate of drug-likeness (QED) is 0.829. The molecule has 0 spiro atoms. The van der Waals surface area contributed by atoms with Crippen LogP contribution in [0.1, 0.15) is 12.5 Å². The van der Waals surface area contributed by atoms with Crippen LogP contribution in [0.5, 0.6) is 0 Å². The molecule has 1 aromatic heterocycles. The van der Waals surface area contributed by atoms with Crippen molar-refractivity contribution in [1.29, 1.82) is 0 Å². The third-order valence-electron chi connectivity index (χ3n) is 3.21. The smallest absolute Gasteiger partial charge is 0.313 e. The molecular weight excluding hydrogens is 360 g/mol. The summed E-state index contributed by atoms with van der Waals surface area (Å²) in [5.74, 6) is 1.46. The predicted octanol–water partition coefficient (Wildman–Crippen LogP) is 3.65. The molecule has 1 fully saturated rings. The zero-order valence-electron chi connectivity index (χ0n) is 10.6. The molecule has 2 aromatic rings. The van der Waals surface area contributed by atoms with E-state index in [4.69, 9.17) is 5.11 Å². The van der Waals surface area contributed by atoms with E-state index < -0.39 is 5.97 Å². The molecule has 1 saturated heterocycles. The molecule has 0 radical (unpaired) electrons. The maximum atomic E-state index is 10.8. The Balaban J connectivity index is 2.06. The molecule has 1 N–H and O–H groups in total. The minimum absolute atomic E-state index is 0.0460. The van der Waals surface area contributed by atoms with E-state index in [1.165, 1.54) is 11.8 Å². The van der Waals surface area contributed by atoms with Gasteiger partial charge >= 0.3 is 5.97 Å². The molecule has 1 aromatic carbocycles. The highest BCUT2D eigenvalue weighted by atomic mass is 79.9. The van der Waals surface area contributed by atoms with Gasteiger partial charge in [-0.15, -0.1) is 0 Å². The number of benzene rings is 1. The second-order valence-electron chi connectivity index (χ2n) is 4.60. The first kappa shape index (κ1) is 14.3. The molecule has 0 bridgehead atoms. The van der Waals surface area contributed by atoms with Crippen molar-refractivity contribution < 1.29 is 9.90 Å². The van der Waals surface area contributed by atoms with Crippen LogP contribution in [-0.4, -0.2) is 37.9 Å². The number of fused-ring (bicyclic) bond motifs is 1. The Bertz CT molecular complexity index is 653. The van der Waals surface area contributed by atoms with Crippen molar-refractivity contribution >= 4 is 56.5 Å². The molecule has 4 nitrogen and oxygen atoms in total. The van der Waals surface area contributed by atoms with Crippen molar-refractivity contribution in [2.24, 2.45) is 0 Å². The molecule has 2 heterocycles. The van der Waals surface area contributed by atoms with Crippen LogP contribution in [-0.2, 0) is 4.79 Å². The first-order valence-electron chi connectivity index (χ1n) is 6.25. The highest BCUT2D eigenvalue weighted by Gasteiger charge is 2.23. The van der Waals surface area contributed by atoms with E-state index in [1.807, 2.05) is 23.9 Å². The van der Waals surface area contributed by atoms with Crippen LogP contribution in [0.2, 0.25) is 0 Å². The van der Waals surface area contributed by atoms with Crippen molar-refractivity contribution in [3.63, 3.8) is 0 Å². The van der Waals surface area contributed by atoms with Crippen LogP contribution in [0, 0.1) is 0 Å². The molecule has 7 heteroatoms. The third kappa shape index (κ3) is 2.84. The lowest BCUT2D eigenvalue weighted by Crippen LogP contribution is -2.10. The second kappa shape index (κ2) is 5.99. The molecule has 1 atom stereocenters. The first-order valence-corrected chi connectivity index (χ1v) is 9.18. The summed E-state index contributed by atoms with van der Waals surface area (Å²) >= 11 is 6.74. The highest BCUT2D eigenvalue weighted by molar-refractivity contribution is 9.10. The van der Waals surface area contributed by atoms with Crippen LogP contribution in [0.3, 0.4) is 0 Å². The number of aromatic nitrogens is 2. The average Bonchev–Trinajstić information content (AvgIpc) is 3.02. The van der Waals surface area contributed by atoms with E-state index in [0.29, 0.717) is 6.04 Å². The van der Waals surface area contributed by atoms with Gasteiger partial charge in [0.15, 0.2) is 5.16 Å². The van der Waals surface area contributed by atoms with E-state index in [9.17, 15) is 4.79 Å². The Morgan fingerprint density at radius 3 is 3.15 bits per heavy atom. The van der Waals surface area contributed by atoms with E-state index in [-0.39, 0.29) is 5.75 Å². The van der Waals surface area contributed by atoms with Gasteiger partial charge in [-0.05, 0) is 30.4 Å². The molecule has 20 heavy (non-hydrogen) atoms. The average molecular weight is 373 g/mol. The second-order valence-corrected chi connectivity index (χ2v) is 7.61. The fraction of sp³-hybridized carbons (Fsp3) is 0.385. The number of carboxylic acids is 1. The molecule has 1 aliphatic rings. The van der Waals surface area contributed by atoms with Crippen molar-refractivity contribution in [2.45, 2.75) is 17.6 Å². The Morgan fingerprint density at radius 2 is 2.45 bits per heavy atom. The largest absolute Gasteiger partial charge is 0.481 e. The molecule has 0 aliphatic carbocycles. The Kier molecular flexibility index (Phi) is 4.28. The lowest BCUT2D eigenvalue weighted by molar-refractivity contribution is -0.133. The number of hydrogen-bond donors (Lipinski definition) is 1. The van der Waals surface area contributed by atoms with Crippen molar-refractivity contribution in [3.05, 3.63) is 22.7 Å². The topological polar surface area (TPSA) is 55.1 Å². The van der Waals surface area contributed by atoms with E-state index in [1.54, 1.807) is 0 Å². The monoisotopic (exact) mass is 372 g/mol. The Labute approximate surface area is 133 Å². The van der Waals surface area contributed by atoms with Crippen LogP contribution in [0.4, 0.5) is 0 Å². The molecule has 1 aliphatic heterocycles. The molecule has 106 valence electrons. The fourth-order valence-corrected chi connectivity index (χ4v) is 4.69. The summed E-state index contributed by atoms with van der Waals surface area (Å²) in [6.45, 7) is 0. The number of hydrogen-bond acceptors (Lipinski definition) is 4. The van der Waals surface area contributed by atoms with Gasteiger partial charge in [-0.1, -0.05) is 27.7 Å². The Morgan fingerprint density at radius 1 is 1.60 bits per heavy atom. The predicted molar refractivity (Wildman–Crippen MR) is 86.8 cm³/mol. The first-order chi connectivity index (χ1) is 9.65. The molecule has 1 unspecified atom stereocenters. The molecule has 0 saturated carbocycles. The lowest BCUT2D eigenvalue weighted by atomic mass is 10.2. The number of aliphatic carboxylic acids is 1. The zero-order valence-corrected chi connectivity index (χ0v) is 13.8. The fourth-order valence-electron chi connectivity index (χ4n) is 2.35. The van der Waals surface area contributed by atoms with Gasteiger partial charge in [0, 0.05) is 16.3 Å². The van der Waals surface area contributed by atoms with Crippen LogP contribution >= 0.6 is 39.5 Å².